The van der Waals surface area contributed by atoms with Crippen LogP contribution >= 0.6 is 0 Å². The number of piperidine rings is 1. The number of hydrogen-bond acceptors (Lipinski definition) is 4. The molecule has 4 rings (SSSR count). The summed E-state index contributed by atoms with van der Waals surface area (Å²) in [6.45, 7) is 1.93. The van der Waals surface area contributed by atoms with Crippen LogP contribution in [0.2, 0.25) is 0 Å². The molecule has 7 heteroatoms. The molecule has 170 valence electrons. The van der Waals surface area contributed by atoms with Gasteiger partial charge in [-0.15, -0.1) is 0 Å². The number of halogens is 1. The smallest absolute Gasteiger partial charge is 0.241 e. The number of likely N-dealkylation sites (N-methyl/N-ethyl adjacent to an activating group) is 1. The lowest BCUT2D eigenvalue weighted by Crippen LogP contribution is -2.55. The molecule has 32 heavy (non-hydrogen) atoms. The highest BCUT2D eigenvalue weighted by molar-refractivity contribution is 5.89. The van der Waals surface area contributed by atoms with E-state index in [1.807, 2.05) is 25.2 Å². The zero-order chi connectivity index (χ0) is 22.7. The van der Waals surface area contributed by atoms with Gasteiger partial charge in [0.2, 0.25) is 11.8 Å². The van der Waals surface area contributed by atoms with Gasteiger partial charge in [-0.25, -0.2) is 4.39 Å². The fourth-order valence-corrected chi connectivity index (χ4v) is 5.09. The van der Waals surface area contributed by atoms with E-state index in [4.69, 9.17) is 10.5 Å². The van der Waals surface area contributed by atoms with Crippen LogP contribution in [0.1, 0.15) is 29.9 Å². The predicted octanol–water partition coefficient (Wildman–Crippen LogP) is 2.53. The van der Waals surface area contributed by atoms with Crippen molar-refractivity contribution in [3.63, 3.8) is 0 Å². The summed E-state index contributed by atoms with van der Waals surface area (Å²) in [7, 11) is 1.84. The number of carbonyl (C=O) groups excluding carboxylic acids is 2. The maximum atomic E-state index is 13.3. The van der Waals surface area contributed by atoms with E-state index < -0.39 is 11.5 Å². The summed E-state index contributed by atoms with van der Waals surface area (Å²) in [6.07, 6.45) is 1.52. The number of rotatable bonds is 6. The molecule has 0 radical (unpaired) electrons. The average molecular weight is 440 g/mol. The highest BCUT2D eigenvalue weighted by Crippen LogP contribution is 2.49. The van der Waals surface area contributed by atoms with E-state index in [1.54, 1.807) is 21.9 Å². The first kappa shape index (κ1) is 22.4. The van der Waals surface area contributed by atoms with Crippen molar-refractivity contribution < 1.29 is 18.7 Å². The van der Waals surface area contributed by atoms with Crippen LogP contribution in [0.25, 0.3) is 0 Å². The summed E-state index contributed by atoms with van der Waals surface area (Å²) in [6, 6.07) is 15.3. The normalized spacial score (nSPS) is 24.2. The monoisotopic (exact) mass is 439 g/mol. The van der Waals surface area contributed by atoms with E-state index in [0.29, 0.717) is 19.6 Å². The van der Waals surface area contributed by atoms with Crippen LogP contribution in [0.15, 0.2) is 54.6 Å². The molecule has 2 aromatic rings. The second-order valence-electron chi connectivity index (χ2n) is 8.92. The third-order valence-electron chi connectivity index (χ3n) is 6.73. The van der Waals surface area contributed by atoms with Gasteiger partial charge in [0, 0.05) is 32.6 Å². The van der Waals surface area contributed by atoms with Crippen molar-refractivity contribution in [3.8, 4) is 0 Å². The Hall–Kier alpha value is -2.77. The van der Waals surface area contributed by atoms with Crippen molar-refractivity contribution in [3.05, 3.63) is 71.5 Å². The molecule has 2 fully saturated rings. The third-order valence-corrected chi connectivity index (χ3v) is 6.73. The summed E-state index contributed by atoms with van der Waals surface area (Å²) in [5.41, 5.74) is 7.49. The van der Waals surface area contributed by atoms with Gasteiger partial charge in [0.15, 0.2) is 0 Å². The van der Waals surface area contributed by atoms with Crippen molar-refractivity contribution in [1.82, 2.24) is 9.80 Å². The fourth-order valence-electron chi connectivity index (χ4n) is 5.09. The molecule has 0 aromatic heterocycles. The maximum Gasteiger partial charge on any atom is 0.241 e. The van der Waals surface area contributed by atoms with Crippen molar-refractivity contribution in [2.24, 2.45) is 11.1 Å². The Balaban J connectivity index is 1.42. The number of ether oxygens (including phenoxy) is 1. The molecular formula is C25H30FN3O3. The van der Waals surface area contributed by atoms with Crippen LogP contribution < -0.4 is 5.73 Å². The van der Waals surface area contributed by atoms with Crippen molar-refractivity contribution in [2.45, 2.75) is 31.4 Å². The van der Waals surface area contributed by atoms with Crippen molar-refractivity contribution in [1.29, 1.82) is 0 Å². The van der Waals surface area contributed by atoms with E-state index in [2.05, 4.69) is 12.1 Å². The van der Waals surface area contributed by atoms with Gasteiger partial charge in [-0.05, 0) is 36.1 Å². The van der Waals surface area contributed by atoms with Crippen LogP contribution in [-0.4, -0.2) is 60.9 Å². The van der Waals surface area contributed by atoms with Crippen molar-refractivity contribution >= 4 is 11.8 Å². The van der Waals surface area contributed by atoms with Gasteiger partial charge in [-0.3, -0.25) is 9.59 Å². The Bertz CT molecular complexity index is 953. The molecule has 1 spiro atoms. The molecule has 6 nitrogen and oxygen atoms in total. The van der Waals surface area contributed by atoms with E-state index in [-0.39, 0.29) is 36.8 Å². The summed E-state index contributed by atoms with van der Waals surface area (Å²) in [5.74, 6) is -0.356. The van der Waals surface area contributed by atoms with Crippen LogP contribution in [0.5, 0.6) is 0 Å². The molecule has 2 aromatic carbocycles. The summed E-state index contributed by atoms with van der Waals surface area (Å²) in [5, 5.41) is 0. The van der Waals surface area contributed by atoms with E-state index in [1.165, 1.54) is 12.1 Å². The first-order chi connectivity index (χ1) is 15.4. The number of carbonyl (C=O) groups is 2. The Morgan fingerprint density at radius 1 is 1.22 bits per heavy atom. The third kappa shape index (κ3) is 4.40. The second-order valence-corrected chi connectivity index (χ2v) is 8.92. The second kappa shape index (κ2) is 9.38. The number of nitrogens with zero attached hydrogens (tertiary/aromatic N) is 2. The van der Waals surface area contributed by atoms with Gasteiger partial charge in [0.1, 0.15) is 11.9 Å². The summed E-state index contributed by atoms with van der Waals surface area (Å²) < 4.78 is 18.6. The molecule has 3 atom stereocenters. The first-order valence-electron chi connectivity index (χ1n) is 11.1. The van der Waals surface area contributed by atoms with Gasteiger partial charge in [0.25, 0.3) is 0 Å². The Morgan fingerprint density at radius 3 is 2.66 bits per heavy atom. The number of nitrogens with two attached hydrogens (primary N) is 1. The molecule has 2 amide bonds. The number of benzene rings is 2. The van der Waals surface area contributed by atoms with Crippen molar-refractivity contribution in [2.75, 3.05) is 33.3 Å². The average Bonchev–Trinajstić information content (AvgIpc) is 3.05. The molecule has 3 unspecified atom stereocenters. The molecule has 0 bridgehead atoms. The predicted molar refractivity (Wildman–Crippen MR) is 119 cm³/mol. The van der Waals surface area contributed by atoms with E-state index >= 15 is 0 Å². The number of likely N-dealkylation sites (tertiary alicyclic amines) is 2. The molecule has 0 saturated carbocycles. The van der Waals surface area contributed by atoms with Crippen LogP contribution in [0, 0.1) is 11.2 Å². The Morgan fingerprint density at radius 2 is 1.94 bits per heavy atom. The van der Waals surface area contributed by atoms with Gasteiger partial charge >= 0.3 is 0 Å². The van der Waals surface area contributed by atoms with Gasteiger partial charge in [-0.2, -0.15) is 0 Å². The lowest BCUT2D eigenvalue weighted by atomic mass is 9.69. The first-order valence-corrected chi connectivity index (χ1v) is 11.1. The Kier molecular flexibility index (Phi) is 6.58. The highest BCUT2D eigenvalue weighted by Gasteiger charge is 2.55. The van der Waals surface area contributed by atoms with Gasteiger partial charge in [0.05, 0.1) is 18.6 Å². The number of amides is 2. The topological polar surface area (TPSA) is 75.9 Å². The van der Waals surface area contributed by atoms with Crippen LogP contribution in [0.3, 0.4) is 0 Å². The van der Waals surface area contributed by atoms with Gasteiger partial charge in [-0.1, -0.05) is 42.5 Å². The zero-order valence-corrected chi connectivity index (χ0v) is 18.4. The van der Waals surface area contributed by atoms with Gasteiger partial charge < -0.3 is 20.3 Å². The quantitative estimate of drug-likeness (QED) is 0.751. The number of hydrogen-bond donors (Lipinski definition) is 1. The Labute approximate surface area is 188 Å². The molecule has 2 N–H and O–H groups in total. The summed E-state index contributed by atoms with van der Waals surface area (Å²) in [4.78, 5) is 29.9. The fraction of sp³-hybridized carbons (Fsp3) is 0.440. The molecule has 0 aliphatic carbocycles. The minimum Gasteiger partial charge on any atom is -0.375 e. The largest absolute Gasteiger partial charge is 0.375 e. The van der Waals surface area contributed by atoms with Crippen LogP contribution in [0.4, 0.5) is 4.39 Å². The van der Waals surface area contributed by atoms with Crippen LogP contribution in [-0.2, 0) is 20.9 Å². The minimum atomic E-state index is -0.810. The molecule has 2 saturated heterocycles. The standard InChI is InChI=1S/C25H30FN3O3/c1-28-14-21(19-6-3-2-4-7-19)25(24(28)31)12-5-13-29(17-25)23(30)22(27)16-32-15-18-8-10-20(26)11-9-18/h2-4,6-11,21-22H,5,12-17,27H2,1H3. The molecule has 2 heterocycles. The lowest BCUT2D eigenvalue weighted by molar-refractivity contribution is -0.144. The molecule has 2 aliphatic rings. The zero-order valence-electron chi connectivity index (χ0n) is 18.4. The minimum absolute atomic E-state index is 0.0442. The SMILES string of the molecule is CN1CC(c2ccccc2)C2(CCCN(C(=O)C(N)COCc3ccc(F)cc3)C2)C1=O. The maximum absolute atomic E-state index is 13.3. The van der Waals surface area contributed by atoms with E-state index in [9.17, 15) is 14.0 Å². The summed E-state index contributed by atoms with van der Waals surface area (Å²) >= 11 is 0. The highest BCUT2D eigenvalue weighted by atomic mass is 19.1. The molecule has 2 aliphatic heterocycles. The lowest BCUT2D eigenvalue weighted by Gasteiger charge is -2.42. The molecular weight excluding hydrogens is 409 g/mol. The van der Waals surface area contributed by atoms with E-state index in [0.717, 1.165) is 24.0 Å².